The van der Waals surface area contributed by atoms with Crippen LogP contribution in [0.2, 0.25) is 5.02 Å². The lowest BCUT2D eigenvalue weighted by atomic mass is 10.1. The third-order valence-corrected chi connectivity index (χ3v) is 5.80. The van der Waals surface area contributed by atoms with Gasteiger partial charge in [0.1, 0.15) is 5.75 Å². The number of nitrogens with zero attached hydrogens (tertiary/aromatic N) is 1. The van der Waals surface area contributed by atoms with Crippen LogP contribution in [-0.2, 0) is 17.9 Å². The fourth-order valence-electron chi connectivity index (χ4n) is 3.93. The highest BCUT2D eigenvalue weighted by molar-refractivity contribution is 6.31. The van der Waals surface area contributed by atoms with Crippen molar-refractivity contribution >= 4 is 17.5 Å². The fraction of sp³-hybridized carbons (Fsp3) is 0.409. The molecule has 0 radical (unpaired) electrons. The maximum atomic E-state index is 12.5. The van der Waals surface area contributed by atoms with Crippen molar-refractivity contribution in [3.05, 3.63) is 52.5 Å². The number of likely N-dealkylation sites (tertiary alicyclic amines) is 1. The van der Waals surface area contributed by atoms with Crippen molar-refractivity contribution in [1.29, 1.82) is 0 Å². The molecule has 0 aromatic heterocycles. The van der Waals surface area contributed by atoms with Crippen molar-refractivity contribution < 1.29 is 32.2 Å². The molecule has 2 aliphatic heterocycles. The molecule has 0 unspecified atom stereocenters. The smallest absolute Gasteiger partial charge is 0.454 e. The van der Waals surface area contributed by atoms with Gasteiger partial charge in [-0.15, -0.1) is 13.2 Å². The van der Waals surface area contributed by atoms with Gasteiger partial charge in [-0.05, 0) is 48.7 Å². The zero-order valence-electron chi connectivity index (χ0n) is 17.1. The monoisotopic (exact) mass is 470 g/mol. The summed E-state index contributed by atoms with van der Waals surface area (Å²) in [6, 6.07) is 9.32. The molecule has 1 amide bonds. The summed E-state index contributed by atoms with van der Waals surface area (Å²) in [4.78, 5) is 14.1. The second kappa shape index (κ2) is 9.46. The number of alkyl halides is 3. The Bertz CT molecular complexity index is 986. The number of ether oxygens (including phenoxy) is 3. The van der Waals surface area contributed by atoms with Gasteiger partial charge in [-0.3, -0.25) is 4.79 Å². The number of hydrogen-bond acceptors (Lipinski definition) is 5. The summed E-state index contributed by atoms with van der Waals surface area (Å²) in [6.07, 6.45) is -2.90. The Morgan fingerprint density at radius 1 is 1.19 bits per heavy atom. The Kier molecular flexibility index (Phi) is 6.66. The summed E-state index contributed by atoms with van der Waals surface area (Å²) in [7, 11) is 0. The lowest BCUT2D eigenvalue weighted by molar-refractivity contribution is -0.274. The first-order chi connectivity index (χ1) is 15.3. The first-order valence-electron chi connectivity index (χ1n) is 10.2. The topological polar surface area (TPSA) is 60.0 Å². The summed E-state index contributed by atoms with van der Waals surface area (Å²) in [5, 5.41) is 3.91. The molecule has 2 aliphatic rings. The average Bonchev–Trinajstić information content (AvgIpc) is 3.31. The molecule has 0 bridgehead atoms. The molecule has 1 atom stereocenters. The van der Waals surface area contributed by atoms with E-state index in [0.29, 0.717) is 54.4 Å². The van der Waals surface area contributed by atoms with Gasteiger partial charge in [-0.1, -0.05) is 23.7 Å². The van der Waals surface area contributed by atoms with Gasteiger partial charge in [-0.25, -0.2) is 0 Å². The first-order valence-corrected chi connectivity index (χ1v) is 10.6. The van der Waals surface area contributed by atoms with Crippen molar-refractivity contribution in [3.63, 3.8) is 0 Å². The third-order valence-electron chi connectivity index (χ3n) is 5.45. The van der Waals surface area contributed by atoms with E-state index in [0.717, 1.165) is 5.56 Å². The second-order valence-electron chi connectivity index (χ2n) is 7.67. The second-order valence-corrected chi connectivity index (χ2v) is 8.08. The van der Waals surface area contributed by atoms with Crippen LogP contribution in [0.1, 0.15) is 30.4 Å². The minimum Gasteiger partial charge on any atom is -0.454 e. The van der Waals surface area contributed by atoms with Gasteiger partial charge in [0.2, 0.25) is 12.7 Å². The van der Waals surface area contributed by atoms with E-state index in [1.54, 1.807) is 17.0 Å². The van der Waals surface area contributed by atoms with Gasteiger partial charge in [0.25, 0.3) is 0 Å². The van der Waals surface area contributed by atoms with Gasteiger partial charge in [0.05, 0.1) is 0 Å². The lowest BCUT2D eigenvalue weighted by Crippen LogP contribution is -2.34. The third kappa shape index (κ3) is 5.58. The molecule has 10 heteroatoms. The summed E-state index contributed by atoms with van der Waals surface area (Å²) < 4.78 is 52.1. The zero-order chi connectivity index (χ0) is 22.7. The van der Waals surface area contributed by atoms with Gasteiger partial charge in [0.15, 0.2) is 11.5 Å². The van der Waals surface area contributed by atoms with Crippen LogP contribution in [-0.4, -0.2) is 36.5 Å². The van der Waals surface area contributed by atoms with E-state index in [2.05, 4.69) is 10.1 Å². The minimum absolute atomic E-state index is 0.00374. The highest BCUT2D eigenvalue weighted by atomic mass is 35.5. The van der Waals surface area contributed by atoms with Crippen LogP contribution in [0.15, 0.2) is 36.4 Å². The normalized spacial score (nSPS) is 17.8. The molecule has 1 fully saturated rings. The first kappa shape index (κ1) is 22.5. The summed E-state index contributed by atoms with van der Waals surface area (Å²) in [5.74, 6) is 0.996. The van der Waals surface area contributed by atoms with Crippen molar-refractivity contribution in [1.82, 2.24) is 10.2 Å². The molecule has 2 aromatic rings. The van der Waals surface area contributed by atoms with E-state index in [9.17, 15) is 18.0 Å². The SMILES string of the molecule is O=C1CC[C@@H](CCNCc2cc3c(cc2Cl)OCO3)N1Cc1cccc(OC(F)(F)F)c1. The molecule has 2 heterocycles. The number of halogens is 4. The summed E-state index contributed by atoms with van der Waals surface area (Å²) in [5.41, 5.74) is 1.48. The summed E-state index contributed by atoms with van der Waals surface area (Å²) >= 11 is 6.29. The Hall–Kier alpha value is -2.65. The molecule has 6 nitrogen and oxygen atoms in total. The van der Waals surface area contributed by atoms with E-state index in [4.69, 9.17) is 21.1 Å². The van der Waals surface area contributed by atoms with Gasteiger partial charge in [-0.2, -0.15) is 0 Å². The van der Waals surface area contributed by atoms with Crippen LogP contribution in [0.5, 0.6) is 17.2 Å². The van der Waals surface area contributed by atoms with Crippen molar-refractivity contribution in [2.45, 2.75) is 44.8 Å². The molecule has 0 aliphatic carbocycles. The van der Waals surface area contributed by atoms with E-state index >= 15 is 0 Å². The number of hydrogen-bond donors (Lipinski definition) is 1. The van der Waals surface area contributed by atoms with E-state index in [1.807, 2.05) is 6.07 Å². The molecule has 172 valence electrons. The number of amides is 1. The van der Waals surface area contributed by atoms with Crippen LogP contribution < -0.4 is 19.5 Å². The highest BCUT2D eigenvalue weighted by Crippen LogP contribution is 2.36. The van der Waals surface area contributed by atoms with Crippen LogP contribution in [0.4, 0.5) is 13.2 Å². The van der Waals surface area contributed by atoms with E-state index < -0.39 is 6.36 Å². The van der Waals surface area contributed by atoms with E-state index in [-0.39, 0.29) is 31.0 Å². The molecule has 0 spiro atoms. The predicted molar refractivity (Wildman–Crippen MR) is 111 cm³/mol. The maximum Gasteiger partial charge on any atom is 0.573 e. The van der Waals surface area contributed by atoms with Crippen LogP contribution in [0.3, 0.4) is 0 Å². The number of benzene rings is 2. The molecule has 32 heavy (non-hydrogen) atoms. The van der Waals surface area contributed by atoms with Crippen LogP contribution >= 0.6 is 11.6 Å². The molecular formula is C22H22ClF3N2O4. The average molecular weight is 471 g/mol. The number of carbonyl (C=O) groups excluding carboxylic acids is 1. The molecule has 1 N–H and O–H groups in total. The summed E-state index contributed by atoms with van der Waals surface area (Å²) in [6.45, 7) is 1.61. The van der Waals surface area contributed by atoms with E-state index in [1.165, 1.54) is 18.2 Å². The molecular weight excluding hydrogens is 449 g/mol. The number of carbonyl (C=O) groups is 1. The number of nitrogens with one attached hydrogen (secondary N) is 1. The van der Waals surface area contributed by atoms with Crippen LogP contribution in [0, 0.1) is 0 Å². The van der Waals surface area contributed by atoms with Gasteiger partial charge < -0.3 is 24.4 Å². The Labute approximate surface area is 188 Å². The fourth-order valence-corrected chi connectivity index (χ4v) is 4.16. The Morgan fingerprint density at radius 3 is 2.75 bits per heavy atom. The minimum atomic E-state index is -4.75. The molecule has 4 rings (SSSR count). The largest absolute Gasteiger partial charge is 0.573 e. The molecule has 1 saturated heterocycles. The quantitative estimate of drug-likeness (QED) is 0.570. The lowest BCUT2D eigenvalue weighted by Gasteiger charge is -2.25. The van der Waals surface area contributed by atoms with Crippen molar-refractivity contribution in [2.24, 2.45) is 0 Å². The molecule has 2 aromatic carbocycles. The van der Waals surface area contributed by atoms with Gasteiger partial charge in [0, 0.05) is 36.6 Å². The number of rotatable bonds is 8. The Balaban J connectivity index is 1.30. The number of fused-ring (bicyclic) bond motifs is 1. The van der Waals surface area contributed by atoms with Crippen LogP contribution in [0.25, 0.3) is 0 Å². The zero-order valence-corrected chi connectivity index (χ0v) is 17.8. The van der Waals surface area contributed by atoms with Crippen molar-refractivity contribution in [2.75, 3.05) is 13.3 Å². The standard InChI is InChI=1S/C22H22ClF3N2O4/c23-18-10-20-19(30-13-31-20)9-15(18)11-27-7-6-16-4-5-21(29)28(16)12-14-2-1-3-17(8-14)32-22(24,25)26/h1-3,8-10,16,27H,4-7,11-13H2/t16-/m0/s1. The molecule has 0 saturated carbocycles. The highest BCUT2D eigenvalue weighted by Gasteiger charge is 2.32. The predicted octanol–water partition coefficient (Wildman–Crippen LogP) is 4.64. The Morgan fingerprint density at radius 2 is 1.97 bits per heavy atom. The maximum absolute atomic E-state index is 12.5. The van der Waals surface area contributed by atoms with Gasteiger partial charge >= 0.3 is 6.36 Å². The van der Waals surface area contributed by atoms with Crippen molar-refractivity contribution in [3.8, 4) is 17.2 Å².